The van der Waals surface area contributed by atoms with Crippen LogP contribution < -0.4 is 5.84 Å². The van der Waals surface area contributed by atoms with E-state index in [0.717, 1.165) is 0 Å². The van der Waals surface area contributed by atoms with E-state index in [2.05, 4.69) is 23.6 Å². The average Bonchev–Trinajstić information content (AvgIpc) is 1.37. The molecule has 0 heterocycles. The van der Waals surface area contributed by atoms with Crippen molar-refractivity contribution in [2.45, 2.75) is 0 Å². The summed E-state index contributed by atoms with van der Waals surface area (Å²) >= 11 is 3.50. The van der Waals surface area contributed by atoms with Crippen molar-refractivity contribution in [1.82, 2.24) is 0 Å². The van der Waals surface area contributed by atoms with E-state index in [1.807, 2.05) is 0 Å². The minimum Gasteiger partial charge on any atom is -0.323 e. The molecule has 0 radical (unpaired) electrons. The number of hydrogen-bond acceptors (Lipinski definition) is 2. The van der Waals surface area contributed by atoms with Gasteiger partial charge in [-0.05, 0) is 0 Å². The van der Waals surface area contributed by atoms with E-state index in [9.17, 15) is 0 Å². The molecule has 0 spiro atoms. The fourth-order valence-corrected chi connectivity index (χ4v) is 0. The molecular formula is CH4N2S. The molecule has 0 saturated carbocycles. The topological polar surface area (TPSA) is 38.4 Å². The summed E-state index contributed by atoms with van der Waals surface area (Å²) in [6.45, 7) is 0. The van der Waals surface area contributed by atoms with E-state index in [1.54, 1.807) is 0 Å². The van der Waals surface area contributed by atoms with Crippen molar-refractivity contribution in [3.8, 4) is 0 Å². The van der Waals surface area contributed by atoms with Crippen molar-refractivity contribution in [1.29, 1.82) is 0 Å². The first kappa shape index (κ1) is 3.82. The highest BCUT2D eigenvalue weighted by molar-refractivity contribution is 7.94. The van der Waals surface area contributed by atoms with Crippen molar-refractivity contribution in [3.63, 3.8) is 0 Å². The largest absolute Gasteiger partial charge is 0.323 e. The highest BCUT2D eigenvalue weighted by Crippen LogP contribution is 1.48. The first-order valence-electron chi connectivity index (χ1n) is 0.775. The van der Waals surface area contributed by atoms with Gasteiger partial charge in [0.15, 0.2) is 0 Å². The Hall–Kier alpha value is -0.180. The van der Waals surface area contributed by atoms with Gasteiger partial charge in [-0.2, -0.15) is 5.10 Å². The molecule has 0 aliphatic heterocycles. The van der Waals surface area contributed by atoms with Gasteiger partial charge in [-0.15, -0.1) is 12.6 Å². The van der Waals surface area contributed by atoms with Gasteiger partial charge in [-0.1, -0.05) is 0 Å². The summed E-state index contributed by atoms with van der Waals surface area (Å²) in [4.78, 5) is 0. The van der Waals surface area contributed by atoms with Crippen molar-refractivity contribution in [3.05, 3.63) is 0 Å². The monoisotopic (exact) mass is 76.0 g/mol. The first-order chi connectivity index (χ1) is 1.91. The summed E-state index contributed by atoms with van der Waals surface area (Å²) < 4.78 is 0. The minimum absolute atomic E-state index is 1.22. The number of thiol groups is 1. The Morgan fingerprint density at radius 2 is 2.25 bits per heavy atom. The Morgan fingerprint density at radius 1 is 2.00 bits per heavy atom. The van der Waals surface area contributed by atoms with Crippen LogP contribution in [-0.2, 0) is 0 Å². The smallest absolute Gasteiger partial charge is 0.0764 e. The molecule has 0 aromatic carbocycles. The number of rotatable bonds is 0. The van der Waals surface area contributed by atoms with Gasteiger partial charge < -0.3 is 5.84 Å². The molecule has 3 heteroatoms. The summed E-state index contributed by atoms with van der Waals surface area (Å²) in [5.41, 5.74) is 1.22. The van der Waals surface area contributed by atoms with E-state index in [1.165, 1.54) is 5.55 Å². The Labute approximate surface area is 30.1 Å². The molecule has 0 unspecified atom stereocenters. The number of nitrogens with two attached hydrogens (primary N) is 1. The van der Waals surface area contributed by atoms with Crippen LogP contribution in [0.3, 0.4) is 0 Å². The summed E-state index contributed by atoms with van der Waals surface area (Å²) in [7, 11) is 0. The van der Waals surface area contributed by atoms with Crippen molar-refractivity contribution < 1.29 is 0 Å². The first-order valence-corrected chi connectivity index (χ1v) is 1.29. The summed E-state index contributed by atoms with van der Waals surface area (Å²) in [5.74, 6) is 4.52. The number of hydrogen-bond donors (Lipinski definition) is 2. The molecular weight excluding hydrogens is 72.1 g/mol. The molecule has 0 saturated heterocycles. The third kappa shape index (κ3) is 1.82. The second-order valence-corrected chi connectivity index (χ2v) is 0.495. The Balaban J connectivity index is 2.55. The second-order valence-electron chi connectivity index (χ2n) is 0.265. The molecule has 0 fully saturated rings. The zero-order valence-corrected chi connectivity index (χ0v) is 2.94. The molecule has 0 rings (SSSR count). The van der Waals surface area contributed by atoms with Crippen LogP contribution in [0.2, 0.25) is 0 Å². The lowest BCUT2D eigenvalue weighted by Gasteiger charge is -1.55. The lowest BCUT2D eigenvalue weighted by Crippen LogP contribution is -1.72. The van der Waals surface area contributed by atoms with Crippen molar-refractivity contribution in [2.24, 2.45) is 10.9 Å². The van der Waals surface area contributed by atoms with Crippen LogP contribution >= 0.6 is 12.6 Å². The molecule has 4 heavy (non-hydrogen) atoms. The predicted molar refractivity (Wildman–Crippen MR) is 21.7 cm³/mol. The van der Waals surface area contributed by atoms with Crippen LogP contribution in [0.15, 0.2) is 5.10 Å². The van der Waals surface area contributed by atoms with Gasteiger partial charge in [0.05, 0.1) is 5.55 Å². The van der Waals surface area contributed by atoms with Gasteiger partial charge >= 0.3 is 0 Å². The fraction of sp³-hybridized carbons (Fsp3) is 0. The predicted octanol–water partition coefficient (Wildman–Crippen LogP) is -0.182. The van der Waals surface area contributed by atoms with Gasteiger partial charge in [-0.3, -0.25) is 0 Å². The highest BCUT2D eigenvalue weighted by Gasteiger charge is 1.32. The molecule has 2 N–H and O–H groups in total. The van der Waals surface area contributed by atoms with Gasteiger partial charge in [0.25, 0.3) is 0 Å². The van der Waals surface area contributed by atoms with Crippen LogP contribution in [0.4, 0.5) is 0 Å². The minimum atomic E-state index is 1.22. The molecule has 2 nitrogen and oxygen atoms in total. The second kappa shape index (κ2) is 2.82. The van der Waals surface area contributed by atoms with Crippen LogP contribution in [0.5, 0.6) is 0 Å². The third-order valence-electron chi connectivity index (χ3n) is 0.0667. The zero-order chi connectivity index (χ0) is 3.41. The van der Waals surface area contributed by atoms with Gasteiger partial charge in [0.2, 0.25) is 0 Å². The van der Waals surface area contributed by atoms with E-state index in [4.69, 9.17) is 0 Å². The lowest BCUT2D eigenvalue weighted by molar-refractivity contribution is 1.28. The Kier molecular flexibility index (Phi) is 2.69. The normalized spacial score (nSPS) is 9.25. The SMILES string of the molecule is N/N=C\S. The van der Waals surface area contributed by atoms with E-state index >= 15 is 0 Å². The maximum absolute atomic E-state index is 4.52. The standard InChI is InChI=1S/CH4N2S/c2-3-1-4/h1H,2H2,(H,3,4). The van der Waals surface area contributed by atoms with E-state index in [0.29, 0.717) is 0 Å². The average molecular weight is 76.1 g/mol. The molecule has 0 aliphatic rings. The Morgan fingerprint density at radius 3 is 2.25 bits per heavy atom. The summed E-state index contributed by atoms with van der Waals surface area (Å²) in [6.07, 6.45) is 0. The van der Waals surface area contributed by atoms with E-state index in [-0.39, 0.29) is 0 Å². The molecule has 0 aromatic heterocycles. The quantitative estimate of drug-likeness (QED) is 0.136. The molecule has 24 valence electrons. The molecule has 0 atom stereocenters. The third-order valence-corrected chi connectivity index (χ3v) is 0.200. The zero-order valence-electron chi connectivity index (χ0n) is 2.05. The Bertz CT molecular complexity index is 21.2. The molecule has 0 aliphatic carbocycles. The van der Waals surface area contributed by atoms with Gasteiger partial charge in [-0.25, -0.2) is 0 Å². The number of nitrogens with zero attached hydrogens (tertiary/aromatic N) is 1. The van der Waals surface area contributed by atoms with Crippen LogP contribution in [0, 0.1) is 0 Å². The summed E-state index contributed by atoms with van der Waals surface area (Å²) in [6, 6.07) is 0. The molecule has 0 amide bonds. The van der Waals surface area contributed by atoms with Crippen LogP contribution in [0.1, 0.15) is 0 Å². The van der Waals surface area contributed by atoms with Gasteiger partial charge in [0, 0.05) is 0 Å². The number of hydrazone groups is 1. The van der Waals surface area contributed by atoms with Crippen LogP contribution in [-0.4, -0.2) is 5.55 Å². The summed E-state index contributed by atoms with van der Waals surface area (Å²) in [5, 5.41) is 2.98. The lowest BCUT2D eigenvalue weighted by atomic mass is 11.7. The van der Waals surface area contributed by atoms with Crippen molar-refractivity contribution in [2.75, 3.05) is 0 Å². The van der Waals surface area contributed by atoms with Crippen molar-refractivity contribution >= 4 is 18.2 Å². The highest BCUT2D eigenvalue weighted by atomic mass is 32.1. The molecule has 0 bridgehead atoms. The maximum atomic E-state index is 4.52. The fourth-order valence-electron chi connectivity index (χ4n) is 0. The van der Waals surface area contributed by atoms with Gasteiger partial charge in [0.1, 0.15) is 0 Å². The van der Waals surface area contributed by atoms with Crippen LogP contribution in [0.25, 0.3) is 0 Å². The maximum Gasteiger partial charge on any atom is 0.0764 e. The molecule has 0 aromatic rings. The van der Waals surface area contributed by atoms with E-state index < -0.39 is 0 Å².